The van der Waals surface area contributed by atoms with Crippen LogP contribution in [-0.4, -0.2) is 0 Å². The van der Waals surface area contributed by atoms with Crippen LogP contribution in [0.1, 0.15) is 25.7 Å². The van der Waals surface area contributed by atoms with Crippen molar-refractivity contribution in [3.8, 4) is 0 Å². The van der Waals surface area contributed by atoms with E-state index in [9.17, 15) is 0 Å². The van der Waals surface area contributed by atoms with E-state index in [0.717, 1.165) is 0 Å². The third-order valence-electron chi connectivity index (χ3n) is 6.54. The van der Waals surface area contributed by atoms with Gasteiger partial charge >= 0.3 is 0 Å². The quantitative estimate of drug-likeness (QED) is 0.478. The molecule has 4 aliphatic carbocycles. The second kappa shape index (κ2) is 1.40. The summed E-state index contributed by atoms with van der Waals surface area (Å²) in [7, 11) is 0. The van der Waals surface area contributed by atoms with E-state index < -0.39 is 0 Å². The maximum Gasteiger partial charge on any atom is -0.0318 e. The van der Waals surface area contributed by atoms with Gasteiger partial charge in [-0.3, -0.25) is 0 Å². The van der Waals surface area contributed by atoms with Crippen LogP contribution in [0.5, 0.6) is 0 Å². The van der Waals surface area contributed by atoms with Gasteiger partial charge in [-0.2, -0.15) is 0 Å². The highest BCUT2D eigenvalue weighted by molar-refractivity contribution is 5.22. The van der Waals surface area contributed by atoms with E-state index in [-0.39, 0.29) is 0 Å². The van der Waals surface area contributed by atoms with Crippen molar-refractivity contribution in [2.24, 2.45) is 47.3 Å². The molecule has 0 aromatic heterocycles. The number of fused-ring (bicyclic) bond motifs is 9. The molecule has 8 unspecified atom stereocenters. The summed E-state index contributed by atoms with van der Waals surface area (Å²) in [5, 5.41) is 0. The van der Waals surface area contributed by atoms with Crippen molar-refractivity contribution < 1.29 is 0 Å². The third kappa shape index (κ3) is 0.337. The molecule has 0 amide bonds. The van der Waals surface area contributed by atoms with Crippen LogP contribution in [0.25, 0.3) is 0 Å². The van der Waals surface area contributed by atoms with Crippen molar-refractivity contribution in [2.75, 3.05) is 0 Å². The lowest BCUT2D eigenvalue weighted by Crippen LogP contribution is -2.50. The predicted molar refractivity (Wildman–Crippen MR) is 46.4 cm³/mol. The monoisotopic (exact) mass is 160 g/mol. The molecule has 0 nitrogen and oxygen atoms in total. The molecule has 64 valence electrons. The first-order valence-corrected chi connectivity index (χ1v) is 5.95. The van der Waals surface area contributed by atoms with Crippen molar-refractivity contribution >= 4 is 0 Å². The molecule has 4 saturated carbocycles. The van der Waals surface area contributed by atoms with Gasteiger partial charge in [0, 0.05) is 0 Å². The van der Waals surface area contributed by atoms with Crippen molar-refractivity contribution in [1.82, 2.24) is 0 Å². The third-order valence-corrected chi connectivity index (χ3v) is 6.54. The van der Waals surface area contributed by atoms with Gasteiger partial charge in [0.1, 0.15) is 0 Å². The molecule has 0 saturated heterocycles. The summed E-state index contributed by atoms with van der Waals surface area (Å²) >= 11 is 0. The summed E-state index contributed by atoms with van der Waals surface area (Å²) in [5.74, 6) is 10.0. The van der Waals surface area contributed by atoms with Crippen LogP contribution in [0.2, 0.25) is 0 Å². The van der Waals surface area contributed by atoms with Gasteiger partial charge in [-0.25, -0.2) is 0 Å². The average molecular weight is 160 g/mol. The highest BCUT2D eigenvalue weighted by Crippen LogP contribution is 2.80. The second-order valence-electron chi connectivity index (χ2n) is 6.19. The first-order valence-electron chi connectivity index (χ1n) is 5.95. The topological polar surface area (TPSA) is 0 Å². The Hall–Kier alpha value is 0. The standard InChI is InChI=1S/C12H16/c1-2-6-8-4-10-9-3-7(8)5(1)11(9)12(6)10/h5-12H,1-4H2. The van der Waals surface area contributed by atoms with Gasteiger partial charge in [-0.05, 0) is 73.0 Å². The summed E-state index contributed by atoms with van der Waals surface area (Å²) in [5.41, 5.74) is 0. The number of hydrogen-bond acceptors (Lipinski definition) is 0. The molecule has 0 aromatic carbocycles. The SMILES string of the molecule is C1CC2C3CC4C5CC3C1C5C24. The maximum atomic E-state index is 1.68. The minimum atomic E-state index is 1.24. The summed E-state index contributed by atoms with van der Waals surface area (Å²) in [4.78, 5) is 0. The molecule has 0 heteroatoms. The van der Waals surface area contributed by atoms with Crippen LogP contribution in [0.4, 0.5) is 0 Å². The Kier molecular flexibility index (Phi) is 0.663. The van der Waals surface area contributed by atoms with E-state index in [1.807, 2.05) is 0 Å². The molecule has 0 bridgehead atoms. The van der Waals surface area contributed by atoms with Gasteiger partial charge in [0.25, 0.3) is 0 Å². The van der Waals surface area contributed by atoms with Crippen molar-refractivity contribution in [3.63, 3.8) is 0 Å². The summed E-state index contributed by atoms with van der Waals surface area (Å²) in [6, 6.07) is 0. The highest BCUT2D eigenvalue weighted by atomic mass is 14.8. The summed E-state index contributed by atoms with van der Waals surface area (Å²) < 4.78 is 0. The van der Waals surface area contributed by atoms with E-state index in [1.165, 1.54) is 47.3 Å². The largest absolute Gasteiger partial charge is 0.0496 e. The fraction of sp³-hybridized carbons (Fsp3) is 1.00. The average Bonchev–Trinajstić information content (AvgIpc) is 2.46. The molecule has 4 aliphatic rings. The molecule has 4 rings (SSSR count). The molecular formula is C12H16. The van der Waals surface area contributed by atoms with Gasteiger partial charge in [0.15, 0.2) is 0 Å². The van der Waals surface area contributed by atoms with Crippen LogP contribution in [-0.2, 0) is 0 Å². The lowest BCUT2D eigenvalue weighted by Gasteiger charge is -2.55. The van der Waals surface area contributed by atoms with Gasteiger partial charge in [0.05, 0.1) is 0 Å². The molecular weight excluding hydrogens is 144 g/mol. The first kappa shape index (κ1) is 5.67. The zero-order valence-corrected chi connectivity index (χ0v) is 7.45. The fourth-order valence-corrected chi connectivity index (χ4v) is 6.60. The lowest BCUT2D eigenvalue weighted by atomic mass is 9.50. The summed E-state index contributed by atoms with van der Waals surface area (Å²) in [6.07, 6.45) is 6.63. The van der Waals surface area contributed by atoms with Crippen LogP contribution < -0.4 is 0 Å². The molecule has 0 N–H and O–H groups in total. The molecule has 0 spiro atoms. The lowest BCUT2D eigenvalue weighted by molar-refractivity contribution is -0.0719. The van der Waals surface area contributed by atoms with Crippen molar-refractivity contribution in [1.29, 1.82) is 0 Å². The Morgan fingerprint density at radius 2 is 1.00 bits per heavy atom. The van der Waals surface area contributed by atoms with Gasteiger partial charge in [-0.15, -0.1) is 0 Å². The molecule has 4 fully saturated rings. The van der Waals surface area contributed by atoms with Crippen molar-refractivity contribution in [2.45, 2.75) is 25.7 Å². The van der Waals surface area contributed by atoms with Crippen LogP contribution in [0.15, 0.2) is 0 Å². The van der Waals surface area contributed by atoms with E-state index in [1.54, 1.807) is 25.7 Å². The van der Waals surface area contributed by atoms with E-state index in [4.69, 9.17) is 0 Å². The Morgan fingerprint density at radius 1 is 0.500 bits per heavy atom. The van der Waals surface area contributed by atoms with Gasteiger partial charge in [0.2, 0.25) is 0 Å². The zero-order chi connectivity index (χ0) is 7.45. The molecule has 0 aromatic rings. The van der Waals surface area contributed by atoms with Crippen LogP contribution in [0.3, 0.4) is 0 Å². The molecule has 8 atom stereocenters. The highest BCUT2D eigenvalue weighted by Gasteiger charge is 2.74. The Bertz CT molecular complexity index is 220. The Labute approximate surface area is 73.7 Å². The second-order valence-corrected chi connectivity index (χ2v) is 6.19. The molecule has 0 radical (unpaired) electrons. The minimum Gasteiger partial charge on any atom is -0.0496 e. The Morgan fingerprint density at radius 3 is 1.50 bits per heavy atom. The number of hydrogen-bond donors (Lipinski definition) is 0. The van der Waals surface area contributed by atoms with Crippen molar-refractivity contribution in [3.05, 3.63) is 0 Å². The Balaban J connectivity index is 1.82. The normalized spacial score (nSPS) is 80.0. The first-order chi connectivity index (χ1) is 5.95. The fourth-order valence-electron chi connectivity index (χ4n) is 6.60. The zero-order valence-electron chi connectivity index (χ0n) is 7.45. The summed E-state index contributed by atoms with van der Waals surface area (Å²) in [6.45, 7) is 0. The van der Waals surface area contributed by atoms with Crippen LogP contribution >= 0.6 is 0 Å². The maximum absolute atomic E-state index is 1.68. The van der Waals surface area contributed by atoms with E-state index in [0.29, 0.717) is 0 Å². The number of rotatable bonds is 0. The molecule has 0 heterocycles. The molecule has 12 heavy (non-hydrogen) atoms. The van der Waals surface area contributed by atoms with E-state index >= 15 is 0 Å². The predicted octanol–water partition coefficient (Wildman–Crippen LogP) is 2.54. The molecule has 0 aliphatic heterocycles. The van der Waals surface area contributed by atoms with Crippen LogP contribution in [0, 0.1) is 47.3 Å². The minimum absolute atomic E-state index is 1.24. The van der Waals surface area contributed by atoms with E-state index in [2.05, 4.69) is 0 Å². The smallest absolute Gasteiger partial charge is 0.0318 e. The van der Waals surface area contributed by atoms with Gasteiger partial charge < -0.3 is 0 Å². The van der Waals surface area contributed by atoms with Gasteiger partial charge in [-0.1, -0.05) is 0 Å².